The van der Waals surface area contributed by atoms with Crippen LogP contribution in [0.15, 0.2) is 55.9 Å². The Labute approximate surface area is 224 Å². The molecule has 3 aliphatic rings. The molecule has 0 saturated carbocycles. The summed E-state index contributed by atoms with van der Waals surface area (Å²) in [7, 11) is 2.07. The van der Waals surface area contributed by atoms with Gasteiger partial charge in [-0.05, 0) is 74.9 Å². The zero-order valence-corrected chi connectivity index (χ0v) is 23.3. The average molecular weight is 521 g/mol. The molecule has 0 radical (unpaired) electrons. The van der Waals surface area contributed by atoms with Gasteiger partial charge in [0.25, 0.3) is 0 Å². The van der Waals surface area contributed by atoms with E-state index in [1.807, 2.05) is 0 Å². The van der Waals surface area contributed by atoms with Crippen LogP contribution in [0.4, 0.5) is 0 Å². The summed E-state index contributed by atoms with van der Waals surface area (Å²) in [6.45, 7) is 13.2. The molecule has 5 rings (SSSR count). The molecule has 188 valence electrons. The SMILES string of the molecule is CCC1=C(C)C2=Cc3[c-]c(n(C)c3)C=c3[n-]c(c(CC)c3C)=CC3=NC(=CC1=N2)C(CC)=C3CC.[Ni+2]. The maximum absolute atomic E-state index is 5.16. The molecule has 0 unspecified atom stereocenters. The van der Waals surface area contributed by atoms with Crippen LogP contribution in [-0.2, 0) is 30.0 Å². The molecule has 0 amide bonds. The molecule has 0 aliphatic carbocycles. The quantitative estimate of drug-likeness (QED) is 0.401. The van der Waals surface area contributed by atoms with Gasteiger partial charge >= 0.3 is 16.5 Å². The number of hydrogen-bond acceptors (Lipinski definition) is 2. The van der Waals surface area contributed by atoms with E-state index < -0.39 is 0 Å². The maximum Gasteiger partial charge on any atom is 2.00 e. The summed E-state index contributed by atoms with van der Waals surface area (Å²) in [6, 6.07) is 3.57. The summed E-state index contributed by atoms with van der Waals surface area (Å²) in [6.07, 6.45) is 14.6. The van der Waals surface area contributed by atoms with Crippen LogP contribution in [0.25, 0.3) is 18.2 Å². The third kappa shape index (κ3) is 4.28. The molecule has 4 nitrogen and oxygen atoms in total. The minimum atomic E-state index is 0. The van der Waals surface area contributed by atoms with Crippen LogP contribution in [-0.4, -0.2) is 16.0 Å². The molecule has 0 spiro atoms. The van der Waals surface area contributed by atoms with Crippen molar-refractivity contribution < 1.29 is 16.5 Å². The molecular formula is C31H34N4Ni. The number of fused-ring (bicyclic) bond motifs is 6. The number of hydrogen-bond donors (Lipinski definition) is 0. The Kier molecular flexibility index (Phi) is 7.43. The molecule has 5 heterocycles. The second kappa shape index (κ2) is 10.2. The third-order valence-corrected chi connectivity index (χ3v) is 7.51. The molecule has 5 heteroatoms. The van der Waals surface area contributed by atoms with Crippen LogP contribution in [0.3, 0.4) is 0 Å². The van der Waals surface area contributed by atoms with Gasteiger partial charge in [-0.2, -0.15) is 5.35 Å². The maximum atomic E-state index is 5.16. The van der Waals surface area contributed by atoms with Gasteiger partial charge in [0.1, 0.15) is 0 Å². The first-order chi connectivity index (χ1) is 16.9. The van der Waals surface area contributed by atoms with Gasteiger partial charge in [0.15, 0.2) is 0 Å². The van der Waals surface area contributed by atoms with Gasteiger partial charge in [-0.25, -0.2) is 4.99 Å². The monoisotopic (exact) mass is 520 g/mol. The first-order valence-electron chi connectivity index (χ1n) is 12.9. The van der Waals surface area contributed by atoms with E-state index in [-0.39, 0.29) is 16.5 Å². The molecular weight excluding hydrogens is 487 g/mol. The summed E-state index contributed by atoms with van der Waals surface area (Å²) in [5, 5.41) is 2.04. The van der Waals surface area contributed by atoms with E-state index in [4.69, 9.17) is 15.0 Å². The Hall–Kier alpha value is -2.91. The minimum Gasteiger partial charge on any atom is -0.665 e. The zero-order valence-electron chi connectivity index (χ0n) is 22.3. The van der Waals surface area contributed by atoms with E-state index in [0.717, 1.165) is 70.5 Å². The Morgan fingerprint density at radius 2 is 1.44 bits per heavy atom. The second-order valence-corrected chi connectivity index (χ2v) is 9.51. The van der Waals surface area contributed by atoms with Crippen molar-refractivity contribution in [3.05, 3.63) is 85.1 Å². The number of nitrogens with zero attached hydrogens (tertiary/aromatic N) is 4. The Bertz CT molecular complexity index is 1540. The van der Waals surface area contributed by atoms with Crippen molar-refractivity contribution in [1.82, 2.24) is 9.55 Å². The van der Waals surface area contributed by atoms with Crippen molar-refractivity contribution in [3.63, 3.8) is 0 Å². The van der Waals surface area contributed by atoms with Crippen LogP contribution >= 0.6 is 0 Å². The topological polar surface area (TPSA) is 43.8 Å². The summed E-state index contributed by atoms with van der Waals surface area (Å²) in [4.78, 5) is 15.3. The van der Waals surface area contributed by atoms with Gasteiger partial charge in [-0.1, -0.05) is 56.8 Å². The fourth-order valence-electron chi connectivity index (χ4n) is 5.56. The van der Waals surface area contributed by atoms with E-state index in [1.165, 1.54) is 33.4 Å². The molecule has 36 heavy (non-hydrogen) atoms. The van der Waals surface area contributed by atoms with E-state index in [9.17, 15) is 0 Å². The van der Waals surface area contributed by atoms with Crippen molar-refractivity contribution in [3.8, 4) is 0 Å². The van der Waals surface area contributed by atoms with Gasteiger partial charge in [0.05, 0.1) is 17.1 Å². The number of aliphatic imine (C=N–C) groups is 2. The summed E-state index contributed by atoms with van der Waals surface area (Å²) < 4.78 is 2.12. The van der Waals surface area contributed by atoms with Gasteiger partial charge in [-0.15, -0.1) is 29.1 Å². The molecule has 3 aliphatic heterocycles. The first-order valence-corrected chi connectivity index (χ1v) is 12.9. The van der Waals surface area contributed by atoms with Crippen molar-refractivity contribution in [2.45, 2.75) is 67.2 Å². The van der Waals surface area contributed by atoms with Crippen molar-refractivity contribution >= 4 is 29.7 Å². The van der Waals surface area contributed by atoms with Gasteiger partial charge in [0, 0.05) is 5.70 Å². The molecule has 0 N–H and O–H groups in total. The fraction of sp³-hybridized carbons (Fsp3) is 0.355. The minimum absolute atomic E-state index is 0. The largest absolute Gasteiger partial charge is 2.00 e. The molecule has 0 saturated heterocycles. The Balaban J connectivity index is 0.00000304. The zero-order chi connectivity index (χ0) is 24.9. The molecule has 0 fully saturated rings. The van der Waals surface area contributed by atoms with Crippen molar-refractivity contribution in [1.29, 1.82) is 0 Å². The number of rotatable bonds is 4. The van der Waals surface area contributed by atoms with Crippen LogP contribution in [0.1, 0.15) is 76.3 Å². The Morgan fingerprint density at radius 3 is 2.11 bits per heavy atom. The summed E-state index contributed by atoms with van der Waals surface area (Å²) in [5.74, 6) is 0. The predicted octanol–water partition coefficient (Wildman–Crippen LogP) is 5.25. The molecule has 8 bridgehead atoms. The first kappa shape index (κ1) is 26.2. The molecule has 0 atom stereocenters. The van der Waals surface area contributed by atoms with Crippen molar-refractivity contribution in [2.75, 3.05) is 0 Å². The number of aromatic nitrogens is 2. The molecule has 2 aromatic rings. The smallest absolute Gasteiger partial charge is 0.665 e. The average Bonchev–Trinajstić information content (AvgIpc) is 3.52. The van der Waals surface area contributed by atoms with Crippen LogP contribution in [0.2, 0.25) is 0 Å². The molecule has 2 aromatic heterocycles. The second-order valence-electron chi connectivity index (χ2n) is 9.51. The fourth-order valence-corrected chi connectivity index (χ4v) is 5.56. The van der Waals surface area contributed by atoms with Crippen LogP contribution < -0.4 is 15.7 Å². The predicted molar refractivity (Wildman–Crippen MR) is 147 cm³/mol. The standard InChI is InChI=1S/C31H34N4.Ni/c1-8-22-18(5)26-13-20-12-21(35(7)17-20)14-27-19(6)23(9-2)29(33-27)16-31-25(11-4)24(10-3)30(34-31)15-28(22)32-26;/h13-17H,8-11H2,1-7H3;/q-2;+2. The van der Waals surface area contributed by atoms with Crippen LogP contribution in [0.5, 0.6) is 0 Å². The summed E-state index contributed by atoms with van der Waals surface area (Å²) in [5.41, 5.74) is 13.9. The van der Waals surface area contributed by atoms with E-state index in [0.29, 0.717) is 0 Å². The van der Waals surface area contributed by atoms with Crippen molar-refractivity contribution in [2.24, 2.45) is 17.0 Å². The third-order valence-electron chi connectivity index (χ3n) is 7.51. The van der Waals surface area contributed by atoms with E-state index in [1.54, 1.807) is 0 Å². The van der Waals surface area contributed by atoms with E-state index in [2.05, 4.69) is 89.7 Å². The summed E-state index contributed by atoms with van der Waals surface area (Å²) >= 11 is 0. The number of aryl methyl sites for hydroxylation is 1. The number of allylic oxidation sites excluding steroid dienone is 5. The Morgan fingerprint density at radius 1 is 0.778 bits per heavy atom. The van der Waals surface area contributed by atoms with Crippen LogP contribution in [0, 0.1) is 13.0 Å². The van der Waals surface area contributed by atoms with Gasteiger partial charge in [0.2, 0.25) is 0 Å². The molecule has 0 aromatic carbocycles. The van der Waals surface area contributed by atoms with Gasteiger partial charge < -0.3 is 9.55 Å². The normalized spacial score (nSPS) is 16.8. The van der Waals surface area contributed by atoms with E-state index >= 15 is 0 Å². The van der Waals surface area contributed by atoms with Gasteiger partial charge in [-0.3, -0.25) is 4.99 Å².